The summed E-state index contributed by atoms with van der Waals surface area (Å²) in [7, 11) is 1.96. The Bertz CT molecular complexity index is 560. The fraction of sp³-hybridized carbons (Fsp3) is 0.312. The first kappa shape index (κ1) is 14.8. The minimum atomic E-state index is 0. The van der Waals surface area contributed by atoms with E-state index in [1.54, 1.807) is 6.20 Å². The number of ether oxygens (including phenoxy) is 1. The summed E-state index contributed by atoms with van der Waals surface area (Å²) >= 11 is 0. The lowest BCUT2D eigenvalue weighted by Crippen LogP contribution is -2.32. The van der Waals surface area contributed by atoms with E-state index in [4.69, 9.17) is 4.74 Å². The van der Waals surface area contributed by atoms with Gasteiger partial charge >= 0.3 is 0 Å². The van der Waals surface area contributed by atoms with Crippen molar-refractivity contribution in [3.05, 3.63) is 48.3 Å². The highest BCUT2D eigenvalue weighted by Crippen LogP contribution is 2.37. The molecule has 4 heteroatoms. The fourth-order valence-corrected chi connectivity index (χ4v) is 2.58. The number of aryl methyl sites for hydroxylation is 1. The van der Waals surface area contributed by atoms with Crippen LogP contribution in [0.5, 0.6) is 5.75 Å². The lowest BCUT2D eigenvalue weighted by molar-refractivity contribution is 0.174. The second kappa shape index (κ2) is 6.73. The van der Waals surface area contributed by atoms with Gasteiger partial charge in [-0.25, -0.2) is 0 Å². The van der Waals surface area contributed by atoms with Crippen LogP contribution in [0.4, 0.5) is 0 Å². The Balaban J connectivity index is 0.00000147. The highest BCUT2D eigenvalue weighted by molar-refractivity contribution is 5.85. The number of nitrogens with zero attached hydrogens (tertiary/aromatic N) is 1. The predicted octanol–water partition coefficient (Wildman–Crippen LogP) is 3.08. The molecule has 0 spiro atoms. The van der Waals surface area contributed by atoms with Crippen molar-refractivity contribution in [2.45, 2.75) is 18.9 Å². The lowest BCUT2D eigenvalue weighted by Gasteiger charge is -2.27. The average molecular weight is 291 g/mol. The number of halogens is 1. The molecule has 0 amide bonds. The summed E-state index contributed by atoms with van der Waals surface area (Å²) in [6.45, 7) is 0.890. The first-order chi connectivity index (χ1) is 9.38. The molecule has 0 unspecified atom stereocenters. The molecule has 20 heavy (non-hydrogen) atoms. The third-order valence-corrected chi connectivity index (χ3v) is 3.52. The minimum absolute atomic E-state index is 0. The summed E-state index contributed by atoms with van der Waals surface area (Å²) in [5.41, 5.74) is 3.56. The van der Waals surface area contributed by atoms with E-state index in [2.05, 4.69) is 34.6 Å². The number of likely N-dealkylation sites (N-methyl/N-ethyl adjacent to an activating group) is 1. The molecule has 1 atom stereocenters. The SMILES string of the molecule is CNC[C@H]1CCc2cccc(-c3cccnc3)c2O1.Cl. The Hall–Kier alpha value is -1.58. The van der Waals surface area contributed by atoms with E-state index < -0.39 is 0 Å². The van der Waals surface area contributed by atoms with Gasteiger partial charge in [0.2, 0.25) is 0 Å². The molecule has 0 saturated carbocycles. The van der Waals surface area contributed by atoms with Gasteiger partial charge in [0, 0.05) is 30.1 Å². The molecule has 1 aliphatic heterocycles. The molecule has 1 N–H and O–H groups in total. The van der Waals surface area contributed by atoms with E-state index in [1.165, 1.54) is 5.56 Å². The van der Waals surface area contributed by atoms with E-state index in [-0.39, 0.29) is 18.5 Å². The number of rotatable bonds is 3. The second-order valence-corrected chi connectivity index (χ2v) is 4.87. The van der Waals surface area contributed by atoms with Crippen LogP contribution >= 0.6 is 12.4 Å². The van der Waals surface area contributed by atoms with Crippen molar-refractivity contribution in [2.24, 2.45) is 0 Å². The molecule has 1 aliphatic rings. The Kier molecular flexibility index (Phi) is 4.99. The molecular weight excluding hydrogens is 272 g/mol. The summed E-state index contributed by atoms with van der Waals surface area (Å²) in [5, 5.41) is 3.19. The molecule has 0 bridgehead atoms. The highest BCUT2D eigenvalue weighted by atomic mass is 35.5. The molecule has 106 valence electrons. The molecule has 3 rings (SSSR count). The minimum Gasteiger partial charge on any atom is -0.488 e. The van der Waals surface area contributed by atoms with Gasteiger partial charge in [0.15, 0.2) is 0 Å². The van der Waals surface area contributed by atoms with Gasteiger partial charge in [-0.1, -0.05) is 24.3 Å². The average Bonchev–Trinajstić information content (AvgIpc) is 2.48. The quantitative estimate of drug-likeness (QED) is 0.943. The normalized spacial score (nSPS) is 16.8. The topological polar surface area (TPSA) is 34.2 Å². The van der Waals surface area contributed by atoms with Crippen LogP contribution < -0.4 is 10.1 Å². The summed E-state index contributed by atoms with van der Waals surface area (Å²) in [5.74, 6) is 1.03. The van der Waals surface area contributed by atoms with Crippen LogP contribution in [-0.2, 0) is 6.42 Å². The maximum atomic E-state index is 6.17. The van der Waals surface area contributed by atoms with Crippen molar-refractivity contribution < 1.29 is 4.74 Å². The monoisotopic (exact) mass is 290 g/mol. The Morgan fingerprint density at radius 3 is 2.95 bits per heavy atom. The number of fused-ring (bicyclic) bond motifs is 1. The number of para-hydroxylation sites is 1. The Labute approximate surface area is 125 Å². The molecule has 0 saturated heterocycles. The van der Waals surface area contributed by atoms with Crippen molar-refractivity contribution >= 4 is 12.4 Å². The Morgan fingerprint density at radius 2 is 2.20 bits per heavy atom. The molecule has 2 aromatic rings. The van der Waals surface area contributed by atoms with Crippen molar-refractivity contribution in [3.63, 3.8) is 0 Å². The molecule has 1 aromatic carbocycles. The predicted molar refractivity (Wildman–Crippen MR) is 83.6 cm³/mol. The van der Waals surface area contributed by atoms with Crippen LogP contribution in [0.25, 0.3) is 11.1 Å². The first-order valence-electron chi connectivity index (χ1n) is 6.72. The molecular formula is C16H19ClN2O. The number of pyridine rings is 1. The van der Waals surface area contributed by atoms with Gasteiger partial charge in [0.05, 0.1) is 0 Å². The zero-order valence-corrected chi connectivity index (χ0v) is 12.3. The van der Waals surface area contributed by atoms with Gasteiger partial charge in [-0.3, -0.25) is 4.98 Å². The Morgan fingerprint density at radius 1 is 1.30 bits per heavy atom. The third kappa shape index (κ3) is 2.94. The van der Waals surface area contributed by atoms with Crippen LogP contribution in [0.2, 0.25) is 0 Å². The largest absolute Gasteiger partial charge is 0.488 e. The van der Waals surface area contributed by atoms with E-state index in [0.717, 1.165) is 36.3 Å². The van der Waals surface area contributed by atoms with Gasteiger partial charge < -0.3 is 10.1 Å². The van der Waals surface area contributed by atoms with Crippen LogP contribution in [0.15, 0.2) is 42.7 Å². The zero-order valence-electron chi connectivity index (χ0n) is 11.5. The molecule has 0 fully saturated rings. The number of hydrogen-bond acceptors (Lipinski definition) is 3. The number of benzene rings is 1. The fourth-order valence-electron chi connectivity index (χ4n) is 2.58. The maximum absolute atomic E-state index is 6.17. The first-order valence-corrected chi connectivity index (χ1v) is 6.72. The summed E-state index contributed by atoms with van der Waals surface area (Å²) in [6, 6.07) is 10.4. The van der Waals surface area contributed by atoms with Gasteiger partial charge in [-0.15, -0.1) is 12.4 Å². The molecule has 3 nitrogen and oxygen atoms in total. The van der Waals surface area contributed by atoms with E-state index in [1.807, 2.05) is 19.3 Å². The highest BCUT2D eigenvalue weighted by Gasteiger charge is 2.22. The number of aromatic nitrogens is 1. The van der Waals surface area contributed by atoms with E-state index >= 15 is 0 Å². The summed E-state index contributed by atoms with van der Waals surface area (Å²) in [6.07, 6.45) is 6.10. The van der Waals surface area contributed by atoms with Crippen molar-refractivity contribution in [2.75, 3.05) is 13.6 Å². The zero-order chi connectivity index (χ0) is 13.1. The van der Waals surface area contributed by atoms with Gasteiger partial charge in [-0.2, -0.15) is 0 Å². The molecule has 1 aromatic heterocycles. The van der Waals surface area contributed by atoms with Crippen molar-refractivity contribution in [1.82, 2.24) is 10.3 Å². The van der Waals surface area contributed by atoms with Gasteiger partial charge in [-0.05, 0) is 31.5 Å². The van der Waals surface area contributed by atoms with Crippen LogP contribution in [0.3, 0.4) is 0 Å². The lowest BCUT2D eigenvalue weighted by atomic mass is 9.96. The van der Waals surface area contributed by atoms with Crippen molar-refractivity contribution in [1.29, 1.82) is 0 Å². The van der Waals surface area contributed by atoms with E-state index in [9.17, 15) is 0 Å². The summed E-state index contributed by atoms with van der Waals surface area (Å²) in [4.78, 5) is 4.20. The number of hydrogen-bond donors (Lipinski definition) is 1. The smallest absolute Gasteiger partial charge is 0.130 e. The third-order valence-electron chi connectivity index (χ3n) is 3.52. The second-order valence-electron chi connectivity index (χ2n) is 4.87. The molecule has 2 heterocycles. The van der Waals surface area contributed by atoms with Gasteiger partial charge in [0.25, 0.3) is 0 Å². The van der Waals surface area contributed by atoms with Crippen LogP contribution in [-0.4, -0.2) is 24.7 Å². The van der Waals surface area contributed by atoms with Crippen LogP contribution in [0, 0.1) is 0 Å². The molecule has 0 aliphatic carbocycles. The van der Waals surface area contributed by atoms with Crippen molar-refractivity contribution in [3.8, 4) is 16.9 Å². The standard InChI is InChI=1S/C16H18N2O.ClH/c1-17-11-14-8-7-12-4-2-6-15(16(12)19-14)13-5-3-9-18-10-13;/h2-6,9-10,14,17H,7-8,11H2,1H3;1H/t14-;/m1./s1. The summed E-state index contributed by atoms with van der Waals surface area (Å²) < 4.78 is 6.17. The molecule has 0 radical (unpaired) electrons. The number of nitrogens with one attached hydrogen (secondary N) is 1. The maximum Gasteiger partial charge on any atom is 0.130 e. The van der Waals surface area contributed by atoms with Crippen LogP contribution in [0.1, 0.15) is 12.0 Å². The van der Waals surface area contributed by atoms with E-state index in [0.29, 0.717) is 0 Å². The van der Waals surface area contributed by atoms with Gasteiger partial charge in [0.1, 0.15) is 11.9 Å².